The van der Waals surface area contributed by atoms with Crippen LogP contribution in [0.1, 0.15) is 55.4 Å². The van der Waals surface area contributed by atoms with E-state index >= 15 is 0 Å². The number of hydrogen-bond acceptors (Lipinski definition) is 8. The molecule has 35 heavy (non-hydrogen) atoms. The first-order chi connectivity index (χ1) is 17.2. The Morgan fingerprint density at radius 2 is 1.89 bits per heavy atom. The Balaban J connectivity index is 1.31. The number of methoxy groups -OCH3 is 1. The maximum absolute atomic E-state index is 5.94. The number of nitrogens with zero attached hydrogens (tertiary/aromatic N) is 5. The molecular weight excluding hydrogens is 460 g/mol. The van der Waals surface area contributed by atoms with Crippen molar-refractivity contribution in [3.63, 3.8) is 0 Å². The first kappa shape index (κ1) is 23.4. The van der Waals surface area contributed by atoms with Gasteiger partial charge in [0, 0.05) is 23.4 Å². The summed E-state index contributed by atoms with van der Waals surface area (Å²) >= 11 is 1.60. The highest BCUT2D eigenvalue weighted by molar-refractivity contribution is 7.98. The van der Waals surface area contributed by atoms with Crippen molar-refractivity contribution in [3.05, 3.63) is 65.8 Å². The first-order valence-electron chi connectivity index (χ1n) is 12.0. The predicted octanol–water partition coefficient (Wildman–Crippen LogP) is 6.05. The van der Waals surface area contributed by atoms with Gasteiger partial charge in [-0.2, -0.15) is 0 Å². The molecule has 0 saturated heterocycles. The average Bonchev–Trinajstić information content (AvgIpc) is 3.54. The molecular formula is C26H30N6O2S. The summed E-state index contributed by atoms with van der Waals surface area (Å²) in [5, 5.41) is 22.0. The fourth-order valence-corrected chi connectivity index (χ4v) is 5.34. The molecule has 9 heteroatoms. The molecule has 0 amide bonds. The lowest BCUT2D eigenvalue weighted by Gasteiger charge is -2.25. The Kier molecular flexibility index (Phi) is 7.32. The Bertz CT molecular complexity index is 1260. The summed E-state index contributed by atoms with van der Waals surface area (Å²) in [6, 6.07) is 16.4. The quantitative estimate of drug-likeness (QED) is 0.283. The summed E-state index contributed by atoms with van der Waals surface area (Å²) in [5.41, 5.74) is 3.09. The van der Waals surface area contributed by atoms with Crippen LogP contribution in [0.25, 0.3) is 11.5 Å². The molecule has 1 aliphatic carbocycles. The zero-order chi connectivity index (χ0) is 24.0. The van der Waals surface area contributed by atoms with Gasteiger partial charge in [-0.25, -0.2) is 0 Å². The highest BCUT2D eigenvalue weighted by atomic mass is 32.2. The van der Waals surface area contributed by atoms with E-state index in [4.69, 9.17) is 9.15 Å². The van der Waals surface area contributed by atoms with Crippen molar-refractivity contribution in [2.75, 3.05) is 12.4 Å². The zero-order valence-corrected chi connectivity index (χ0v) is 20.9. The Morgan fingerprint density at radius 1 is 1.03 bits per heavy atom. The van der Waals surface area contributed by atoms with E-state index in [9.17, 15) is 0 Å². The number of benzene rings is 2. The van der Waals surface area contributed by atoms with Crippen molar-refractivity contribution in [3.8, 4) is 17.2 Å². The van der Waals surface area contributed by atoms with Crippen molar-refractivity contribution in [2.24, 2.45) is 0 Å². The van der Waals surface area contributed by atoms with Crippen molar-refractivity contribution in [1.29, 1.82) is 0 Å². The third kappa shape index (κ3) is 5.67. The molecule has 0 unspecified atom stereocenters. The molecule has 0 radical (unpaired) electrons. The number of hydrogen-bond donors (Lipinski definition) is 1. The van der Waals surface area contributed by atoms with E-state index in [0.29, 0.717) is 30.1 Å². The van der Waals surface area contributed by atoms with E-state index in [2.05, 4.69) is 43.3 Å². The number of ether oxygens (including phenoxy) is 1. The van der Waals surface area contributed by atoms with Crippen LogP contribution in [0.3, 0.4) is 0 Å². The molecule has 1 fully saturated rings. The van der Waals surface area contributed by atoms with Gasteiger partial charge in [-0.05, 0) is 44.0 Å². The minimum Gasteiger partial charge on any atom is -0.497 e. The molecule has 2 aromatic carbocycles. The van der Waals surface area contributed by atoms with Crippen molar-refractivity contribution in [2.45, 2.75) is 62.5 Å². The summed E-state index contributed by atoms with van der Waals surface area (Å²) in [6.07, 6.45) is 6.06. The standard InChI is InChI=1S/C26H30N6O2S/c1-18-8-6-9-19(14-18)25-30-29-24(34-25)17-35-26-31-28-23(32(26)21-11-4-3-5-12-21)16-27-20-10-7-13-22(15-20)33-2/h6-10,13-15,21,27H,3-5,11-12,16-17H2,1-2H3. The summed E-state index contributed by atoms with van der Waals surface area (Å²) in [7, 11) is 1.68. The molecule has 8 nitrogen and oxygen atoms in total. The Hall–Kier alpha value is -3.33. The third-order valence-corrected chi connectivity index (χ3v) is 7.18. The SMILES string of the molecule is COc1cccc(NCc2nnc(SCc3nnc(-c4cccc(C)c4)o3)n2C2CCCCC2)c1. The number of anilines is 1. The first-order valence-corrected chi connectivity index (χ1v) is 13.0. The number of thioether (sulfide) groups is 1. The van der Waals surface area contributed by atoms with Crippen LogP contribution < -0.4 is 10.1 Å². The van der Waals surface area contributed by atoms with Crippen LogP contribution in [0.5, 0.6) is 5.75 Å². The molecule has 1 aliphatic rings. The lowest BCUT2D eigenvalue weighted by molar-refractivity contribution is 0.330. The zero-order valence-electron chi connectivity index (χ0n) is 20.1. The van der Waals surface area contributed by atoms with Crippen molar-refractivity contribution < 1.29 is 9.15 Å². The second-order valence-electron chi connectivity index (χ2n) is 8.81. The molecule has 0 spiro atoms. The second-order valence-corrected chi connectivity index (χ2v) is 9.75. The summed E-state index contributed by atoms with van der Waals surface area (Å²) < 4.78 is 13.6. The van der Waals surface area contributed by atoms with Gasteiger partial charge in [-0.3, -0.25) is 0 Å². The Labute approximate surface area is 209 Å². The molecule has 5 rings (SSSR count). The highest BCUT2D eigenvalue weighted by Crippen LogP contribution is 2.34. The number of nitrogens with one attached hydrogen (secondary N) is 1. The van der Waals surface area contributed by atoms with Crippen LogP contribution in [-0.4, -0.2) is 32.1 Å². The minimum absolute atomic E-state index is 0.411. The van der Waals surface area contributed by atoms with Gasteiger partial charge in [0.05, 0.1) is 19.4 Å². The largest absolute Gasteiger partial charge is 0.497 e. The third-order valence-electron chi connectivity index (χ3n) is 6.25. The van der Waals surface area contributed by atoms with Crippen LogP contribution in [0.2, 0.25) is 0 Å². The van der Waals surface area contributed by atoms with Gasteiger partial charge in [0.25, 0.3) is 0 Å². The van der Waals surface area contributed by atoms with Crippen molar-refractivity contribution in [1.82, 2.24) is 25.0 Å². The van der Waals surface area contributed by atoms with E-state index in [1.807, 2.05) is 42.5 Å². The van der Waals surface area contributed by atoms with E-state index in [1.54, 1.807) is 18.9 Å². The van der Waals surface area contributed by atoms with E-state index in [-0.39, 0.29) is 0 Å². The van der Waals surface area contributed by atoms with Crippen LogP contribution in [0.4, 0.5) is 5.69 Å². The smallest absolute Gasteiger partial charge is 0.247 e. The van der Waals surface area contributed by atoms with Gasteiger partial charge in [-0.1, -0.05) is 54.8 Å². The van der Waals surface area contributed by atoms with Gasteiger partial charge >= 0.3 is 0 Å². The highest BCUT2D eigenvalue weighted by Gasteiger charge is 2.23. The van der Waals surface area contributed by atoms with E-state index < -0.39 is 0 Å². The van der Waals surface area contributed by atoms with Gasteiger partial charge in [0.2, 0.25) is 11.8 Å². The van der Waals surface area contributed by atoms with Crippen molar-refractivity contribution >= 4 is 17.4 Å². The molecule has 182 valence electrons. The lowest BCUT2D eigenvalue weighted by atomic mass is 9.95. The molecule has 1 saturated carbocycles. The fourth-order valence-electron chi connectivity index (χ4n) is 4.48. The maximum Gasteiger partial charge on any atom is 0.247 e. The molecule has 0 aliphatic heterocycles. The molecule has 0 bridgehead atoms. The molecule has 1 N–H and O–H groups in total. The molecule has 0 atom stereocenters. The minimum atomic E-state index is 0.411. The van der Waals surface area contributed by atoms with Crippen LogP contribution in [-0.2, 0) is 12.3 Å². The number of aryl methyl sites for hydroxylation is 1. The van der Waals surface area contributed by atoms with Crippen LogP contribution in [0.15, 0.2) is 58.1 Å². The Morgan fingerprint density at radius 3 is 2.71 bits per heavy atom. The molecule has 2 heterocycles. The maximum atomic E-state index is 5.94. The average molecular weight is 491 g/mol. The van der Waals surface area contributed by atoms with Gasteiger partial charge in [0.1, 0.15) is 5.75 Å². The normalized spacial score (nSPS) is 14.2. The predicted molar refractivity (Wildman–Crippen MR) is 136 cm³/mol. The lowest BCUT2D eigenvalue weighted by Crippen LogP contribution is -2.18. The second kappa shape index (κ2) is 10.9. The molecule has 2 aromatic heterocycles. The summed E-state index contributed by atoms with van der Waals surface area (Å²) in [4.78, 5) is 0. The monoisotopic (exact) mass is 490 g/mol. The van der Waals surface area contributed by atoms with E-state index in [0.717, 1.165) is 46.4 Å². The number of aromatic nitrogens is 5. The fraction of sp³-hybridized carbons (Fsp3) is 0.385. The molecule has 4 aromatic rings. The van der Waals surface area contributed by atoms with Gasteiger partial charge < -0.3 is 19.0 Å². The number of rotatable bonds is 9. The summed E-state index contributed by atoms with van der Waals surface area (Å²) in [6.45, 7) is 2.64. The topological polar surface area (TPSA) is 90.9 Å². The van der Waals surface area contributed by atoms with Crippen LogP contribution >= 0.6 is 11.8 Å². The van der Waals surface area contributed by atoms with Gasteiger partial charge in [-0.15, -0.1) is 20.4 Å². The summed E-state index contributed by atoms with van der Waals surface area (Å²) in [5.74, 6) is 3.44. The van der Waals surface area contributed by atoms with Gasteiger partial charge in [0.15, 0.2) is 11.0 Å². The van der Waals surface area contributed by atoms with Crippen LogP contribution in [0, 0.1) is 6.92 Å². The van der Waals surface area contributed by atoms with E-state index in [1.165, 1.54) is 19.3 Å².